The molecule has 0 bridgehead atoms. The normalized spacial score (nSPS) is 10.3. The molecule has 1 aromatic carbocycles. The Hall–Kier alpha value is 0.137. The van der Waals surface area contributed by atoms with Gasteiger partial charge in [0, 0.05) is 0 Å². The molecule has 0 N–H and O–H groups in total. The molecule has 0 saturated carbocycles. The van der Waals surface area contributed by atoms with Crippen LogP contribution in [0, 0.1) is 0 Å². The fourth-order valence-corrected chi connectivity index (χ4v) is 2.47. The van der Waals surface area contributed by atoms with Gasteiger partial charge in [0.25, 0.3) is 0 Å². The van der Waals surface area contributed by atoms with Gasteiger partial charge in [-0.25, -0.2) is 0 Å². The van der Waals surface area contributed by atoms with Crippen molar-refractivity contribution in [2.45, 2.75) is 6.04 Å². The van der Waals surface area contributed by atoms with E-state index < -0.39 is 7.10 Å². The highest BCUT2D eigenvalue weighted by atomic mass is 32.5. The molecule has 10 heavy (non-hydrogen) atoms. The Labute approximate surface area is 73.4 Å². The van der Waals surface area contributed by atoms with Gasteiger partial charge in [-0.3, -0.25) is 0 Å². The van der Waals surface area contributed by atoms with E-state index in [9.17, 15) is 0 Å². The first-order chi connectivity index (χ1) is 4.79. The third-order valence-corrected chi connectivity index (χ3v) is 2.88. The molecule has 3 heteroatoms. The maximum atomic E-state index is 4.28. The first-order valence-electron chi connectivity index (χ1n) is 3.07. The topological polar surface area (TPSA) is 0 Å². The molecule has 0 unspecified atom stereocenters. The van der Waals surface area contributed by atoms with Crippen LogP contribution in [0.1, 0.15) is 5.56 Å². The van der Waals surface area contributed by atoms with Gasteiger partial charge in [0.05, 0.1) is 0 Å². The average Bonchev–Trinajstić information content (AvgIpc) is 1.88. The van der Waals surface area contributed by atoms with Crippen LogP contribution in [0.2, 0.25) is 0 Å². The van der Waals surface area contributed by atoms with Crippen molar-refractivity contribution in [3.8, 4) is 0 Å². The Balaban J connectivity index is 2.59. The maximum absolute atomic E-state index is 4.28. The van der Waals surface area contributed by atoms with Crippen molar-refractivity contribution in [2.75, 3.05) is 0 Å². The van der Waals surface area contributed by atoms with E-state index in [1.807, 2.05) is 18.2 Å². The summed E-state index contributed by atoms with van der Waals surface area (Å²) in [5.41, 5.74) is 1.33. The van der Waals surface area contributed by atoms with E-state index in [1.54, 1.807) is 0 Å². The van der Waals surface area contributed by atoms with Gasteiger partial charge in [0.15, 0.2) is 7.10 Å². The van der Waals surface area contributed by atoms with Gasteiger partial charge in [-0.15, -0.1) is 0 Å². The van der Waals surface area contributed by atoms with Crippen LogP contribution in [0.4, 0.5) is 0 Å². The molecule has 0 nitrogen and oxygen atoms in total. The summed E-state index contributed by atoms with van der Waals surface area (Å²) in [6.07, 6.45) is 0. The van der Waals surface area contributed by atoms with Crippen LogP contribution in [0.25, 0.3) is 0 Å². The Kier molecular flexibility index (Phi) is 3.38. The molecule has 53 valence electrons. The zero-order valence-electron chi connectivity index (χ0n) is 5.49. The van der Waals surface area contributed by atoms with Gasteiger partial charge < -0.3 is 0 Å². The van der Waals surface area contributed by atoms with Gasteiger partial charge in [-0.05, 0) is 11.6 Å². The second-order valence-electron chi connectivity index (χ2n) is 2.08. The number of rotatable bonds is 2. The smallest absolute Gasteiger partial charge is 0.187 e. The molecule has 0 amide bonds. The summed E-state index contributed by atoms with van der Waals surface area (Å²) in [6, 6.07) is 11.3. The lowest BCUT2D eigenvalue weighted by atomic mass is 10.2. The van der Waals surface area contributed by atoms with Crippen molar-refractivity contribution in [3.63, 3.8) is 0 Å². The summed E-state index contributed by atoms with van der Waals surface area (Å²) in [5, 5.41) is 0. The van der Waals surface area contributed by atoms with Gasteiger partial charge in [-0.1, -0.05) is 30.3 Å². The van der Waals surface area contributed by atoms with Gasteiger partial charge in [0.1, 0.15) is 0 Å². The molecular formula is C7H9S2Si. The molecule has 1 rings (SSSR count). The minimum Gasteiger partial charge on any atom is -0.191 e. The lowest BCUT2D eigenvalue weighted by molar-refractivity contribution is 1.40. The monoisotopic (exact) mass is 185 g/mol. The van der Waals surface area contributed by atoms with Crippen molar-refractivity contribution in [3.05, 3.63) is 35.9 Å². The van der Waals surface area contributed by atoms with Crippen LogP contribution in [0.5, 0.6) is 0 Å². The van der Waals surface area contributed by atoms with E-state index in [4.69, 9.17) is 0 Å². The number of hydrogen-bond donors (Lipinski definition) is 2. The lowest BCUT2D eigenvalue weighted by Crippen LogP contribution is -1.98. The summed E-state index contributed by atoms with van der Waals surface area (Å²) in [4.78, 5) is 0. The minimum atomic E-state index is -0.698. The van der Waals surface area contributed by atoms with Gasteiger partial charge in [-0.2, -0.15) is 24.2 Å². The van der Waals surface area contributed by atoms with Crippen LogP contribution in [-0.2, 0) is 6.04 Å². The quantitative estimate of drug-likeness (QED) is 0.512. The molecule has 1 aromatic rings. The van der Waals surface area contributed by atoms with Crippen molar-refractivity contribution in [1.82, 2.24) is 0 Å². The Bertz CT molecular complexity index is 186. The summed E-state index contributed by atoms with van der Waals surface area (Å²) in [5.74, 6) is 0. The van der Waals surface area contributed by atoms with Crippen molar-refractivity contribution in [1.29, 1.82) is 0 Å². The summed E-state index contributed by atoms with van der Waals surface area (Å²) in [6.45, 7) is 0. The number of hydrogen-bond acceptors (Lipinski definition) is 2. The fraction of sp³-hybridized carbons (Fsp3) is 0.143. The van der Waals surface area contributed by atoms with E-state index in [0.717, 1.165) is 6.04 Å². The molecule has 0 atom stereocenters. The van der Waals surface area contributed by atoms with E-state index in [-0.39, 0.29) is 0 Å². The van der Waals surface area contributed by atoms with Gasteiger partial charge >= 0.3 is 0 Å². The molecule has 0 aliphatic carbocycles. The highest BCUT2D eigenvalue weighted by Gasteiger charge is 1.99. The van der Waals surface area contributed by atoms with Crippen LogP contribution >= 0.6 is 24.2 Å². The van der Waals surface area contributed by atoms with Crippen LogP contribution in [0.15, 0.2) is 30.3 Å². The summed E-state index contributed by atoms with van der Waals surface area (Å²) < 4.78 is 0. The predicted octanol–water partition coefficient (Wildman–Crippen LogP) is 2.12. The first kappa shape index (κ1) is 8.24. The number of benzene rings is 1. The molecule has 0 aliphatic rings. The zero-order valence-corrected chi connectivity index (χ0v) is 8.28. The van der Waals surface area contributed by atoms with Crippen LogP contribution < -0.4 is 0 Å². The second kappa shape index (κ2) is 4.11. The summed E-state index contributed by atoms with van der Waals surface area (Å²) in [7, 11) is -0.698. The first-order valence-corrected chi connectivity index (χ1v) is 7.35. The van der Waals surface area contributed by atoms with Crippen molar-refractivity contribution < 1.29 is 0 Å². The lowest BCUT2D eigenvalue weighted by Gasteiger charge is -1.98. The largest absolute Gasteiger partial charge is 0.191 e. The number of thiol groups is 2. The predicted molar refractivity (Wildman–Crippen MR) is 53.9 cm³/mol. The fourth-order valence-electron chi connectivity index (χ4n) is 0.778. The molecule has 0 saturated heterocycles. The molecule has 0 aliphatic heterocycles. The van der Waals surface area contributed by atoms with Crippen molar-refractivity contribution in [2.24, 2.45) is 0 Å². The maximum Gasteiger partial charge on any atom is 0.187 e. The molecule has 0 aromatic heterocycles. The standard InChI is InChI=1S/C7H9S2Si/c8-10(9)6-7-4-2-1-3-5-7/h1-5,8-9H,6H2. The molecule has 0 spiro atoms. The Morgan fingerprint density at radius 3 is 2.20 bits per heavy atom. The van der Waals surface area contributed by atoms with E-state index >= 15 is 0 Å². The third-order valence-electron chi connectivity index (χ3n) is 1.21. The minimum absolute atomic E-state index is 0.698. The van der Waals surface area contributed by atoms with Gasteiger partial charge in [0.2, 0.25) is 0 Å². The SMILES string of the molecule is S[Si](S)Cc1ccccc1. The highest BCUT2D eigenvalue weighted by molar-refractivity contribution is 8.40. The second-order valence-corrected chi connectivity index (χ2v) is 7.56. The van der Waals surface area contributed by atoms with Crippen molar-refractivity contribution >= 4 is 31.3 Å². The Morgan fingerprint density at radius 1 is 1.10 bits per heavy atom. The highest BCUT2D eigenvalue weighted by Crippen LogP contribution is 2.05. The van der Waals surface area contributed by atoms with E-state index in [1.165, 1.54) is 5.56 Å². The summed E-state index contributed by atoms with van der Waals surface area (Å²) >= 11 is 8.55. The zero-order chi connectivity index (χ0) is 7.40. The molecule has 1 radical (unpaired) electrons. The Morgan fingerprint density at radius 2 is 1.70 bits per heavy atom. The molecular weight excluding hydrogens is 176 g/mol. The molecule has 0 heterocycles. The van der Waals surface area contributed by atoms with E-state index in [0.29, 0.717) is 0 Å². The average molecular weight is 185 g/mol. The van der Waals surface area contributed by atoms with E-state index in [2.05, 4.69) is 36.3 Å². The van der Waals surface area contributed by atoms with Crippen LogP contribution in [-0.4, -0.2) is 7.10 Å². The van der Waals surface area contributed by atoms with Crippen LogP contribution in [0.3, 0.4) is 0 Å². The third kappa shape index (κ3) is 2.81. The molecule has 0 fully saturated rings.